The number of hydrogen-bond acceptors (Lipinski definition) is 3. The van der Waals surface area contributed by atoms with Crippen molar-refractivity contribution in [1.29, 1.82) is 0 Å². The van der Waals surface area contributed by atoms with Crippen LogP contribution in [0.25, 0.3) is 0 Å². The van der Waals surface area contributed by atoms with Crippen molar-refractivity contribution in [3.05, 3.63) is 35.6 Å². The molecule has 0 heterocycles. The van der Waals surface area contributed by atoms with E-state index in [2.05, 4.69) is 10.2 Å². The van der Waals surface area contributed by atoms with Crippen molar-refractivity contribution in [2.45, 2.75) is 0 Å². The monoisotopic (exact) mass is 320 g/mol. The number of benzene rings is 1. The molecule has 0 saturated carbocycles. The third kappa shape index (κ3) is 9.95. The van der Waals surface area contributed by atoms with E-state index in [1.807, 2.05) is 0 Å². The van der Waals surface area contributed by atoms with Gasteiger partial charge in [0.25, 0.3) is 0 Å². The van der Waals surface area contributed by atoms with Gasteiger partial charge in [-0.3, -0.25) is 0 Å². The first kappa shape index (κ1) is 21.4. The van der Waals surface area contributed by atoms with Crippen LogP contribution in [0.2, 0.25) is 0 Å². The third-order valence-corrected chi connectivity index (χ3v) is 1.26. The van der Waals surface area contributed by atoms with E-state index in [1.165, 1.54) is 18.3 Å². The van der Waals surface area contributed by atoms with Crippen LogP contribution in [-0.2, 0) is 21.0 Å². The minimum atomic E-state index is -0.660. The van der Waals surface area contributed by atoms with Crippen molar-refractivity contribution in [2.24, 2.45) is 15.9 Å². The van der Waals surface area contributed by atoms with E-state index in [0.29, 0.717) is 0 Å². The van der Waals surface area contributed by atoms with Gasteiger partial charge in [0.15, 0.2) is 0 Å². The molecule has 0 spiro atoms. The van der Waals surface area contributed by atoms with Gasteiger partial charge in [0.05, 0.1) is 6.21 Å². The summed E-state index contributed by atoms with van der Waals surface area (Å²) in [5, 5.41) is 14.9. The number of amidine groups is 1. The Morgan fingerprint density at radius 1 is 1.35 bits per heavy atom. The number of nitrogens with zero attached hydrogens (tertiary/aromatic N) is 2. The maximum absolute atomic E-state index is 12.9. The average Bonchev–Trinajstić information content (AvgIpc) is 2.23. The quantitative estimate of drug-likeness (QED) is 0.494. The Morgan fingerprint density at radius 2 is 1.88 bits per heavy atom. The summed E-state index contributed by atoms with van der Waals surface area (Å²) in [6.07, 6.45) is 1.17. The Labute approximate surface area is 119 Å². The molecule has 3 N–H and O–H groups in total. The first-order valence-corrected chi connectivity index (χ1v) is 4.25. The summed E-state index contributed by atoms with van der Waals surface area (Å²) in [6.45, 7) is 0. The number of nitrogens with two attached hydrogens (primary N) is 1. The minimum absolute atomic E-state index is 0. The predicted octanol–water partition coefficient (Wildman–Crippen LogP) is 1.75. The first-order chi connectivity index (χ1) is 7.20. The molecule has 0 saturated heterocycles. The Kier molecular flexibility index (Phi) is 16.5. The van der Waals surface area contributed by atoms with E-state index >= 15 is 0 Å². The zero-order valence-corrected chi connectivity index (χ0v) is 11.4. The molecule has 95 valence electrons. The van der Waals surface area contributed by atoms with Crippen molar-refractivity contribution >= 4 is 37.1 Å². The van der Waals surface area contributed by atoms with Gasteiger partial charge >= 0.3 is 27.1 Å². The molecule has 0 bridgehead atoms. The number of hydrogen-bond donors (Lipinski definition) is 2. The summed E-state index contributed by atoms with van der Waals surface area (Å²) in [6, 6.07) is 5.40. The molecule has 0 radical (unpaired) electrons. The van der Waals surface area contributed by atoms with Gasteiger partial charge in [0, 0.05) is 5.56 Å². The van der Waals surface area contributed by atoms with E-state index in [9.17, 15) is 4.39 Å². The zero-order valence-electron chi connectivity index (χ0n) is 8.36. The van der Waals surface area contributed by atoms with Gasteiger partial charge in [-0.05, 0) is 6.07 Å². The van der Waals surface area contributed by atoms with Crippen molar-refractivity contribution < 1.29 is 30.5 Å². The molecule has 0 aliphatic heterocycles. The molecule has 1 aromatic rings. The van der Waals surface area contributed by atoms with Gasteiger partial charge in [-0.25, -0.2) is 4.39 Å². The molecule has 0 aromatic heterocycles. The molecule has 0 aliphatic carbocycles. The van der Waals surface area contributed by atoms with Crippen LogP contribution in [0.4, 0.5) is 4.39 Å². The summed E-state index contributed by atoms with van der Waals surface area (Å²) in [7, 11) is 0. The van der Waals surface area contributed by atoms with Crippen LogP contribution < -0.4 is 5.73 Å². The summed E-state index contributed by atoms with van der Waals surface area (Å²) >= 11 is 1.06. The molecule has 0 atom stereocenters. The molecule has 5 nitrogen and oxygen atoms in total. The van der Waals surface area contributed by atoms with Gasteiger partial charge in [0.1, 0.15) is 5.82 Å². The summed E-state index contributed by atoms with van der Waals surface area (Å²) in [5.74, 6) is -0.405. The van der Waals surface area contributed by atoms with Gasteiger partial charge in [-0.1, -0.05) is 23.3 Å². The second-order valence-corrected chi connectivity index (χ2v) is 2.22. The van der Waals surface area contributed by atoms with Crippen LogP contribution in [-0.4, -0.2) is 17.3 Å². The predicted molar refractivity (Wildman–Crippen MR) is 63.4 cm³/mol. The number of halogens is 3. The second-order valence-electron chi connectivity index (χ2n) is 2.22. The Balaban J connectivity index is -0.000000464. The van der Waals surface area contributed by atoms with Crippen LogP contribution in [0.5, 0.6) is 0 Å². The first-order valence-electron chi connectivity index (χ1n) is 3.68. The molecule has 17 heavy (non-hydrogen) atoms. The summed E-state index contributed by atoms with van der Waals surface area (Å²) in [4.78, 5) is 0. The zero-order chi connectivity index (χ0) is 11.7. The average molecular weight is 321 g/mol. The molecular weight excluding hydrogens is 311 g/mol. The van der Waals surface area contributed by atoms with Gasteiger partial charge in [-0.2, -0.15) is 5.10 Å². The van der Waals surface area contributed by atoms with E-state index in [1.54, 1.807) is 12.1 Å². The summed E-state index contributed by atoms with van der Waals surface area (Å²) < 4.78 is 21.1. The molecule has 0 unspecified atom stereocenters. The standard InChI is InChI=1S/C8H8FN3O.2ClH.O.V/c9-7-4-2-1-3-6(7)5-11-12-8(10)13;;;;/h1-5H,(H3,10,12,13);2*1H;;/b11-5-;;;;. The fourth-order valence-electron chi connectivity index (χ4n) is 0.730. The molecule has 0 fully saturated rings. The number of aliphatic hydroxyl groups excluding tert-OH is 1. The maximum atomic E-state index is 12.9. The molecular formula is C8H10Cl2FN3O2V. The van der Waals surface area contributed by atoms with Crippen molar-refractivity contribution in [2.75, 3.05) is 0 Å². The van der Waals surface area contributed by atoms with Crippen LogP contribution >= 0.6 is 24.8 Å². The van der Waals surface area contributed by atoms with Crippen LogP contribution in [0.3, 0.4) is 0 Å². The van der Waals surface area contributed by atoms with E-state index in [-0.39, 0.29) is 30.4 Å². The van der Waals surface area contributed by atoms with Gasteiger partial charge in [0.2, 0.25) is 0 Å². The fraction of sp³-hybridized carbons (Fsp3) is 0. The Hall–Kier alpha value is -0.946. The topological polar surface area (TPSA) is 88.0 Å². The SMILES string of the molecule is Cl.Cl.N/C(O)=N\N=C/c1ccccc1F.[O]=[V]. The van der Waals surface area contributed by atoms with E-state index < -0.39 is 11.8 Å². The molecule has 1 aromatic carbocycles. The summed E-state index contributed by atoms with van der Waals surface area (Å²) in [5.41, 5.74) is 5.08. The van der Waals surface area contributed by atoms with Crippen molar-refractivity contribution in [1.82, 2.24) is 0 Å². The molecule has 9 heteroatoms. The van der Waals surface area contributed by atoms with Gasteiger partial charge < -0.3 is 10.8 Å². The molecule has 0 aliphatic rings. The fourth-order valence-corrected chi connectivity index (χ4v) is 0.730. The normalized spacial score (nSPS) is 9.53. The van der Waals surface area contributed by atoms with E-state index in [0.717, 1.165) is 17.4 Å². The number of rotatable bonds is 2. The number of aliphatic hydroxyl groups is 1. The van der Waals surface area contributed by atoms with Crippen LogP contribution in [0.15, 0.2) is 34.5 Å². The van der Waals surface area contributed by atoms with Crippen molar-refractivity contribution in [3.8, 4) is 0 Å². The van der Waals surface area contributed by atoms with Crippen molar-refractivity contribution in [3.63, 3.8) is 0 Å². The molecule has 1 rings (SSSR count). The van der Waals surface area contributed by atoms with E-state index in [4.69, 9.17) is 14.5 Å². The van der Waals surface area contributed by atoms with Crippen LogP contribution in [0, 0.1) is 5.82 Å². The molecule has 0 amide bonds. The Bertz CT molecular complexity index is 376. The van der Waals surface area contributed by atoms with Crippen LogP contribution in [0.1, 0.15) is 5.56 Å². The van der Waals surface area contributed by atoms with Gasteiger partial charge in [-0.15, -0.1) is 24.8 Å². The third-order valence-electron chi connectivity index (χ3n) is 1.26. The second kappa shape index (κ2) is 13.1. The Morgan fingerprint density at radius 3 is 2.35 bits per heavy atom.